The second-order valence-electron chi connectivity index (χ2n) is 7.38. The van der Waals surface area contributed by atoms with E-state index in [0.717, 1.165) is 25.8 Å². The lowest BCUT2D eigenvalue weighted by Crippen LogP contribution is -2.56. The Labute approximate surface area is 140 Å². The highest BCUT2D eigenvalue weighted by molar-refractivity contribution is 5.76. The number of hydrogen-bond donors (Lipinski definition) is 1. The van der Waals surface area contributed by atoms with Crippen LogP contribution in [0.2, 0.25) is 0 Å². The topological polar surface area (TPSA) is 32.3 Å². The monoisotopic (exact) mass is 314 g/mol. The van der Waals surface area contributed by atoms with Gasteiger partial charge in [0.1, 0.15) is 0 Å². The molecule has 0 spiro atoms. The van der Waals surface area contributed by atoms with E-state index in [9.17, 15) is 4.79 Å². The molecule has 0 saturated carbocycles. The minimum atomic E-state index is 0.238. The summed E-state index contributed by atoms with van der Waals surface area (Å²) in [6.07, 6.45) is 7.75. The van der Waals surface area contributed by atoms with Crippen LogP contribution in [0.5, 0.6) is 0 Å². The summed E-state index contributed by atoms with van der Waals surface area (Å²) in [6, 6.07) is 10.6. The second kappa shape index (κ2) is 7.48. The summed E-state index contributed by atoms with van der Waals surface area (Å²) in [5.74, 6) is 0.238. The molecule has 0 aromatic heterocycles. The predicted octanol–water partition coefficient (Wildman–Crippen LogP) is 3.80. The average molecular weight is 314 g/mol. The third-order valence-electron chi connectivity index (χ3n) is 5.45. The van der Waals surface area contributed by atoms with Crippen LogP contribution in [0.15, 0.2) is 24.3 Å². The Balaban J connectivity index is 1.62. The lowest BCUT2D eigenvalue weighted by atomic mass is 9.81. The van der Waals surface area contributed by atoms with Crippen molar-refractivity contribution in [3.05, 3.63) is 35.4 Å². The van der Waals surface area contributed by atoms with Crippen LogP contribution in [-0.2, 0) is 11.3 Å². The minimum Gasteiger partial charge on any atom is -0.353 e. The number of carbonyl (C=O) groups excluding carboxylic acids is 1. The van der Waals surface area contributed by atoms with Crippen LogP contribution >= 0.6 is 0 Å². The van der Waals surface area contributed by atoms with Crippen LogP contribution in [-0.4, -0.2) is 28.9 Å². The highest BCUT2D eigenvalue weighted by atomic mass is 16.1. The van der Waals surface area contributed by atoms with E-state index in [1.165, 1.54) is 30.4 Å². The number of nitrogens with one attached hydrogen (secondary N) is 1. The molecule has 3 heteroatoms. The predicted molar refractivity (Wildman–Crippen MR) is 94.2 cm³/mol. The van der Waals surface area contributed by atoms with E-state index in [1.807, 2.05) is 0 Å². The van der Waals surface area contributed by atoms with Crippen LogP contribution in [0.25, 0.3) is 0 Å². The first-order chi connectivity index (χ1) is 11.2. The molecule has 3 rings (SSSR count). The number of aryl methyl sites for hydroxylation is 1. The molecule has 2 aliphatic rings. The Morgan fingerprint density at radius 3 is 2.43 bits per heavy atom. The Morgan fingerprint density at radius 1 is 1.17 bits per heavy atom. The van der Waals surface area contributed by atoms with Crippen molar-refractivity contribution >= 4 is 5.91 Å². The molecule has 2 saturated heterocycles. The number of amides is 1. The highest BCUT2D eigenvalue weighted by Crippen LogP contribution is 2.35. The van der Waals surface area contributed by atoms with E-state index < -0.39 is 0 Å². The van der Waals surface area contributed by atoms with Crippen molar-refractivity contribution in [3.63, 3.8) is 0 Å². The van der Waals surface area contributed by atoms with Crippen molar-refractivity contribution in [2.24, 2.45) is 0 Å². The van der Waals surface area contributed by atoms with E-state index >= 15 is 0 Å². The van der Waals surface area contributed by atoms with Gasteiger partial charge in [0.2, 0.25) is 5.91 Å². The van der Waals surface area contributed by atoms with Crippen molar-refractivity contribution in [1.82, 2.24) is 10.2 Å². The Morgan fingerprint density at radius 2 is 1.83 bits per heavy atom. The zero-order valence-corrected chi connectivity index (χ0v) is 14.6. The van der Waals surface area contributed by atoms with Gasteiger partial charge in [-0.25, -0.2) is 0 Å². The number of nitrogens with zero attached hydrogens (tertiary/aromatic N) is 1. The maximum absolute atomic E-state index is 11.9. The van der Waals surface area contributed by atoms with Crippen molar-refractivity contribution < 1.29 is 4.79 Å². The van der Waals surface area contributed by atoms with Gasteiger partial charge >= 0.3 is 0 Å². The number of carbonyl (C=O) groups is 1. The van der Waals surface area contributed by atoms with Crippen LogP contribution in [0.1, 0.15) is 63.0 Å². The van der Waals surface area contributed by atoms with Gasteiger partial charge in [0.25, 0.3) is 0 Å². The summed E-state index contributed by atoms with van der Waals surface area (Å²) >= 11 is 0. The fraction of sp³-hybridized carbons (Fsp3) is 0.650. The average Bonchev–Trinajstić information content (AvgIpc) is 2.50. The van der Waals surface area contributed by atoms with Gasteiger partial charge in [0.05, 0.1) is 0 Å². The van der Waals surface area contributed by atoms with Crippen molar-refractivity contribution in [3.8, 4) is 0 Å². The van der Waals surface area contributed by atoms with Crippen molar-refractivity contribution in [2.75, 3.05) is 0 Å². The molecule has 3 atom stereocenters. The number of piperidine rings is 2. The summed E-state index contributed by atoms with van der Waals surface area (Å²) in [4.78, 5) is 14.6. The van der Waals surface area contributed by atoms with E-state index in [4.69, 9.17) is 0 Å². The molecule has 126 valence electrons. The molecule has 2 heterocycles. The number of fused-ring (bicyclic) bond motifs is 2. The SMILES string of the molecule is CCCC(=O)NC1C[C@H]2CCC[C@@H](C1)N2Cc1ccc(C)cc1. The molecule has 1 amide bonds. The van der Waals surface area contributed by atoms with Gasteiger partial charge in [0, 0.05) is 31.1 Å². The van der Waals surface area contributed by atoms with E-state index in [0.29, 0.717) is 24.5 Å². The molecular weight excluding hydrogens is 284 g/mol. The third-order valence-corrected chi connectivity index (χ3v) is 5.45. The molecule has 2 fully saturated rings. The minimum absolute atomic E-state index is 0.238. The number of rotatable bonds is 5. The Kier molecular flexibility index (Phi) is 5.37. The number of benzene rings is 1. The summed E-state index contributed by atoms with van der Waals surface area (Å²) < 4.78 is 0. The highest BCUT2D eigenvalue weighted by Gasteiger charge is 2.38. The fourth-order valence-corrected chi connectivity index (χ4v) is 4.29. The summed E-state index contributed by atoms with van der Waals surface area (Å²) in [5.41, 5.74) is 2.74. The lowest BCUT2D eigenvalue weighted by Gasteiger charge is -2.49. The second-order valence-corrected chi connectivity index (χ2v) is 7.38. The Bertz CT molecular complexity index is 511. The number of hydrogen-bond acceptors (Lipinski definition) is 2. The first kappa shape index (κ1) is 16.5. The largest absolute Gasteiger partial charge is 0.353 e. The van der Waals surface area contributed by atoms with E-state index in [1.54, 1.807) is 0 Å². The molecule has 3 nitrogen and oxygen atoms in total. The molecule has 1 N–H and O–H groups in total. The summed E-state index contributed by atoms with van der Waals surface area (Å²) in [7, 11) is 0. The smallest absolute Gasteiger partial charge is 0.220 e. The normalized spacial score (nSPS) is 27.7. The zero-order valence-electron chi connectivity index (χ0n) is 14.6. The van der Waals surface area contributed by atoms with Crippen molar-refractivity contribution in [1.29, 1.82) is 0 Å². The standard InChI is InChI=1S/C20H30N2O/c1-3-5-20(23)21-17-12-18-6-4-7-19(13-17)22(18)14-16-10-8-15(2)9-11-16/h8-11,17-19H,3-7,12-14H2,1-2H3,(H,21,23)/t17?,18-,19+. The quantitative estimate of drug-likeness (QED) is 0.896. The fourth-order valence-electron chi connectivity index (χ4n) is 4.29. The maximum atomic E-state index is 11.9. The van der Waals surface area contributed by atoms with Crippen LogP contribution in [0.3, 0.4) is 0 Å². The molecule has 1 aromatic carbocycles. The molecular formula is C20H30N2O. The first-order valence-corrected chi connectivity index (χ1v) is 9.26. The molecule has 0 radical (unpaired) electrons. The Hall–Kier alpha value is -1.35. The van der Waals surface area contributed by atoms with Gasteiger partial charge < -0.3 is 5.32 Å². The molecule has 0 aliphatic carbocycles. The van der Waals surface area contributed by atoms with Crippen molar-refractivity contribution in [2.45, 2.75) is 83.5 Å². The summed E-state index contributed by atoms with van der Waals surface area (Å²) in [6.45, 7) is 5.27. The van der Waals surface area contributed by atoms with E-state index in [2.05, 4.69) is 48.3 Å². The van der Waals surface area contributed by atoms with Gasteiger partial charge in [-0.05, 0) is 44.6 Å². The molecule has 1 unspecified atom stereocenters. The zero-order chi connectivity index (χ0) is 16.2. The van der Waals surface area contributed by atoms with Gasteiger partial charge in [-0.15, -0.1) is 0 Å². The molecule has 23 heavy (non-hydrogen) atoms. The van der Waals surface area contributed by atoms with E-state index in [-0.39, 0.29) is 5.91 Å². The molecule has 2 bridgehead atoms. The summed E-state index contributed by atoms with van der Waals surface area (Å²) in [5, 5.41) is 3.27. The van der Waals surface area contributed by atoms with Crippen LogP contribution in [0, 0.1) is 6.92 Å². The van der Waals surface area contributed by atoms with Crippen LogP contribution in [0.4, 0.5) is 0 Å². The van der Waals surface area contributed by atoms with Gasteiger partial charge in [0.15, 0.2) is 0 Å². The van der Waals surface area contributed by atoms with Gasteiger partial charge in [-0.3, -0.25) is 9.69 Å². The molecule has 2 aliphatic heterocycles. The maximum Gasteiger partial charge on any atom is 0.220 e. The van der Waals surface area contributed by atoms with Crippen LogP contribution < -0.4 is 5.32 Å². The third kappa shape index (κ3) is 4.14. The lowest BCUT2D eigenvalue weighted by molar-refractivity contribution is -0.122. The van der Waals surface area contributed by atoms with Gasteiger partial charge in [-0.2, -0.15) is 0 Å². The van der Waals surface area contributed by atoms with Gasteiger partial charge in [-0.1, -0.05) is 43.2 Å². The first-order valence-electron chi connectivity index (χ1n) is 9.26. The molecule has 1 aromatic rings.